The van der Waals surface area contributed by atoms with Gasteiger partial charge in [-0.3, -0.25) is 0 Å². The van der Waals surface area contributed by atoms with Gasteiger partial charge in [0.25, 0.3) is 0 Å². The van der Waals surface area contributed by atoms with E-state index < -0.39 is 9.84 Å². The van der Waals surface area contributed by atoms with Crippen LogP contribution in [0, 0.1) is 5.92 Å². The lowest BCUT2D eigenvalue weighted by molar-refractivity contribution is 0.305. The third-order valence-electron chi connectivity index (χ3n) is 3.08. The third kappa shape index (κ3) is 2.95. The highest BCUT2D eigenvalue weighted by Crippen LogP contribution is 2.24. The number of sulfone groups is 1. The van der Waals surface area contributed by atoms with E-state index in [9.17, 15) is 8.42 Å². The summed E-state index contributed by atoms with van der Waals surface area (Å²) in [5.41, 5.74) is -0.206. The van der Waals surface area contributed by atoms with Crippen LogP contribution in [0.2, 0.25) is 0 Å². The predicted octanol–water partition coefficient (Wildman–Crippen LogP) is 1.20. The van der Waals surface area contributed by atoms with E-state index in [1.807, 2.05) is 6.92 Å². The molecule has 0 aromatic rings. The van der Waals surface area contributed by atoms with Gasteiger partial charge in [-0.1, -0.05) is 13.8 Å². The topological polar surface area (TPSA) is 46.2 Å². The van der Waals surface area contributed by atoms with Crippen molar-refractivity contribution in [2.75, 3.05) is 11.5 Å². The summed E-state index contributed by atoms with van der Waals surface area (Å²) in [6.07, 6.45) is 0.742. The first-order valence-electron chi connectivity index (χ1n) is 5.22. The van der Waals surface area contributed by atoms with Gasteiger partial charge in [-0.25, -0.2) is 8.42 Å². The molecule has 1 N–H and O–H groups in total. The fourth-order valence-corrected chi connectivity index (χ4v) is 3.94. The summed E-state index contributed by atoms with van der Waals surface area (Å²) in [6.45, 7) is 8.41. The van der Waals surface area contributed by atoms with Crippen molar-refractivity contribution >= 4 is 9.84 Å². The lowest BCUT2D eigenvalue weighted by Gasteiger charge is -2.30. The predicted molar refractivity (Wildman–Crippen MR) is 59.1 cm³/mol. The van der Waals surface area contributed by atoms with E-state index in [0.29, 0.717) is 17.7 Å². The highest BCUT2D eigenvalue weighted by Gasteiger charge is 2.39. The van der Waals surface area contributed by atoms with Crippen molar-refractivity contribution in [1.29, 1.82) is 0 Å². The van der Waals surface area contributed by atoms with Gasteiger partial charge in [0.1, 0.15) is 0 Å². The SMILES string of the molecule is CC(C)C(C)NC1(C)CCS(=O)(=O)C1. The zero-order chi connectivity index (χ0) is 11.0. The fourth-order valence-electron chi connectivity index (χ4n) is 1.84. The maximum Gasteiger partial charge on any atom is 0.152 e. The van der Waals surface area contributed by atoms with Crippen molar-refractivity contribution in [3.8, 4) is 0 Å². The van der Waals surface area contributed by atoms with Crippen LogP contribution in [0.5, 0.6) is 0 Å². The highest BCUT2D eigenvalue weighted by atomic mass is 32.2. The minimum Gasteiger partial charge on any atom is -0.308 e. The average molecular weight is 219 g/mol. The number of hydrogen-bond acceptors (Lipinski definition) is 3. The van der Waals surface area contributed by atoms with Gasteiger partial charge in [-0.05, 0) is 26.2 Å². The van der Waals surface area contributed by atoms with Crippen LogP contribution in [-0.2, 0) is 9.84 Å². The molecule has 84 valence electrons. The summed E-state index contributed by atoms with van der Waals surface area (Å²) in [5.74, 6) is 1.16. The molecule has 1 aliphatic heterocycles. The minimum atomic E-state index is -2.79. The molecule has 0 aromatic carbocycles. The van der Waals surface area contributed by atoms with Gasteiger partial charge in [0.2, 0.25) is 0 Å². The van der Waals surface area contributed by atoms with Crippen molar-refractivity contribution in [3.63, 3.8) is 0 Å². The minimum absolute atomic E-state index is 0.206. The van der Waals surface area contributed by atoms with Crippen LogP contribution >= 0.6 is 0 Å². The number of hydrogen-bond donors (Lipinski definition) is 1. The van der Waals surface area contributed by atoms with Crippen molar-refractivity contribution in [1.82, 2.24) is 5.32 Å². The molecule has 1 fully saturated rings. The van der Waals surface area contributed by atoms with E-state index in [2.05, 4.69) is 26.1 Å². The molecule has 4 heteroatoms. The van der Waals surface area contributed by atoms with Crippen molar-refractivity contribution < 1.29 is 8.42 Å². The lowest BCUT2D eigenvalue weighted by Crippen LogP contribution is -2.49. The summed E-state index contributed by atoms with van der Waals surface area (Å²) < 4.78 is 22.7. The summed E-state index contributed by atoms with van der Waals surface area (Å²) in [4.78, 5) is 0. The molecule has 0 amide bonds. The van der Waals surface area contributed by atoms with E-state index in [0.717, 1.165) is 6.42 Å². The quantitative estimate of drug-likeness (QED) is 0.776. The molecule has 1 aliphatic rings. The molecular weight excluding hydrogens is 198 g/mol. The first-order chi connectivity index (χ1) is 6.24. The maximum absolute atomic E-state index is 11.4. The molecule has 0 bridgehead atoms. The Labute approximate surface area is 87.2 Å². The Balaban J connectivity index is 2.61. The molecule has 0 radical (unpaired) electrons. The second kappa shape index (κ2) is 3.81. The molecule has 14 heavy (non-hydrogen) atoms. The van der Waals surface area contributed by atoms with E-state index in [1.165, 1.54) is 0 Å². The molecule has 0 saturated carbocycles. The van der Waals surface area contributed by atoms with Crippen molar-refractivity contribution in [2.24, 2.45) is 5.92 Å². The van der Waals surface area contributed by atoms with Crippen molar-refractivity contribution in [2.45, 2.75) is 45.7 Å². The molecule has 2 unspecified atom stereocenters. The molecule has 1 saturated heterocycles. The monoisotopic (exact) mass is 219 g/mol. The molecule has 1 rings (SSSR count). The first-order valence-corrected chi connectivity index (χ1v) is 7.04. The Morgan fingerprint density at radius 3 is 2.21 bits per heavy atom. The number of rotatable bonds is 3. The van der Waals surface area contributed by atoms with Gasteiger partial charge in [-0.2, -0.15) is 0 Å². The van der Waals surface area contributed by atoms with E-state index in [4.69, 9.17) is 0 Å². The second-order valence-corrected chi connectivity index (χ2v) is 7.26. The Morgan fingerprint density at radius 2 is 1.86 bits per heavy atom. The molecule has 0 spiro atoms. The number of nitrogens with one attached hydrogen (secondary N) is 1. The van der Waals surface area contributed by atoms with Crippen LogP contribution in [0.3, 0.4) is 0 Å². The molecule has 3 nitrogen and oxygen atoms in total. The van der Waals surface area contributed by atoms with Crippen molar-refractivity contribution in [3.05, 3.63) is 0 Å². The van der Waals surface area contributed by atoms with Crippen LogP contribution in [0.4, 0.5) is 0 Å². The van der Waals surface area contributed by atoms with Gasteiger partial charge < -0.3 is 5.32 Å². The van der Waals surface area contributed by atoms with Gasteiger partial charge in [0.15, 0.2) is 9.84 Å². The first kappa shape index (κ1) is 12.0. The average Bonchev–Trinajstić information content (AvgIpc) is 2.25. The van der Waals surface area contributed by atoms with E-state index in [1.54, 1.807) is 0 Å². The Hall–Kier alpha value is -0.0900. The normalized spacial score (nSPS) is 33.5. The summed E-state index contributed by atoms with van der Waals surface area (Å²) in [5, 5.41) is 3.43. The highest BCUT2D eigenvalue weighted by molar-refractivity contribution is 7.91. The zero-order valence-corrected chi connectivity index (χ0v) is 10.3. The van der Waals surface area contributed by atoms with Crippen LogP contribution in [-0.4, -0.2) is 31.5 Å². The van der Waals surface area contributed by atoms with Crippen LogP contribution in [0.25, 0.3) is 0 Å². The van der Waals surface area contributed by atoms with Gasteiger partial charge in [0, 0.05) is 11.6 Å². The largest absolute Gasteiger partial charge is 0.308 e. The third-order valence-corrected chi connectivity index (χ3v) is 4.98. The smallest absolute Gasteiger partial charge is 0.152 e. The summed E-state index contributed by atoms with van der Waals surface area (Å²) in [6, 6.07) is 0.369. The molecule has 1 heterocycles. The fraction of sp³-hybridized carbons (Fsp3) is 1.00. The van der Waals surface area contributed by atoms with Crippen LogP contribution in [0.1, 0.15) is 34.1 Å². The van der Waals surface area contributed by atoms with Crippen LogP contribution in [0.15, 0.2) is 0 Å². The Kier molecular flexibility index (Phi) is 3.26. The molecule has 2 atom stereocenters. The zero-order valence-electron chi connectivity index (χ0n) is 9.50. The van der Waals surface area contributed by atoms with Gasteiger partial charge >= 0.3 is 0 Å². The van der Waals surface area contributed by atoms with E-state index in [-0.39, 0.29) is 11.3 Å². The molecule has 0 aliphatic carbocycles. The van der Waals surface area contributed by atoms with Gasteiger partial charge in [0.05, 0.1) is 11.5 Å². The second-order valence-electron chi connectivity index (χ2n) is 5.08. The Bertz CT molecular complexity index is 297. The molecular formula is C10H21NO2S. The lowest BCUT2D eigenvalue weighted by atomic mass is 9.97. The van der Waals surface area contributed by atoms with Gasteiger partial charge in [-0.15, -0.1) is 0 Å². The summed E-state index contributed by atoms with van der Waals surface area (Å²) >= 11 is 0. The standard InChI is InChI=1S/C10H21NO2S/c1-8(2)9(3)11-10(4)5-6-14(12,13)7-10/h8-9,11H,5-7H2,1-4H3. The molecule has 0 aromatic heterocycles. The summed E-state index contributed by atoms with van der Waals surface area (Å²) in [7, 11) is -2.79. The Morgan fingerprint density at radius 1 is 1.29 bits per heavy atom. The van der Waals surface area contributed by atoms with Crippen LogP contribution < -0.4 is 5.32 Å². The maximum atomic E-state index is 11.4. The van der Waals surface area contributed by atoms with E-state index >= 15 is 0 Å².